The minimum atomic E-state index is -6.77. The van der Waals surface area contributed by atoms with Gasteiger partial charge in [0.2, 0.25) is 0 Å². The van der Waals surface area contributed by atoms with Gasteiger partial charge in [-0.1, -0.05) is 13.8 Å². The first-order valence-electron chi connectivity index (χ1n) is 9.45. The molecule has 0 spiro atoms. The highest BCUT2D eigenvalue weighted by molar-refractivity contribution is 7.87. The van der Waals surface area contributed by atoms with Crippen molar-refractivity contribution >= 4 is 22.1 Å². The lowest BCUT2D eigenvalue weighted by atomic mass is 10.2. The SMILES string of the molecule is CC(C)C(=O)OC(OCCC(F)(F)C(F)(F)S(=O)(=O)O)(C(=O)Oc1ccc(C(F)(F)F)cc1)C(F)(F)F. The fraction of sp³-hybridized carbons (Fsp3) is 0.556. The molecule has 0 amide bonds. The van der Waals surface area contributed by atoms with Gasteiger partial charge in [0.15, 0.2) is 0 Å². The summed E-state index contributed by atoms with van der Waals surface area (Å²) in [6.07, 6.45) is -13.6. The Morgan fingerprint density at radius 3 is 1.78 bits per heavy atom. The van der Waals surface area contributed by atoms with Crippen molar-refractivity contribution in [3.05, 3.63) is 29.8 Å². The van der Waals surface area contributed by atoms with Gasteiger partial charge in [0, 0.05) is 6.42 Å². The highest BCUT2D eigenvalue weighted by Crippen LogP contribution is 2.42. The van der Waals surface area contributed by atoms with Crippen molar-refractivity contribution in [1.82, 2.24) is 0 Å². The molecule has 1 N–H and O–H groups in total. The molecule has 0 fully saturated rings. The van der Waals surface area contributed by atoms with E-state index in [0.29, 0.717) is 12.1 Å². The third-order valence-electron chi connectivity index (χ3n) is 4.22. The minimum Gasteiger partial charge on any atom is -0.421 e. The lowest BCUT2D eigenvalue weighted by molar-refractivity contribution is -0.356. The Balaban J connectivity index is 3.40. The van der Waals surface area contributed by atoms with Crippen LogP contribution in [0, 0.1) is 5.92 Å². The van der Waals surface area contributed by atoms with Crippen LogP contribution >= 0.6 is 0 Å². The van der Waals surface area contributed by atoms with Crippen LogP contribution in [0.1, 0.15) is 25.8 Å². The molecule has 1 unspecified atom stereocenters. The summed E-state index contributed by atoms with van der Waals surface area (Å²) in [6, 6.07) is 1.29. The normalized spacial score (nSPS) is 15.3. The number of ether oxygens (including phenoxy) is 3. The van der Waals surface area contributed by atoms with Gasteiger partial charge < -0.3 is 14.2 Å². The predicted octanol–water partition coefficient (Wildman–Crippen LogP) is 4.59. The molecular formula is C18H16F10O8S. The summed E-state index contributed by atoms with van der Waals surface area (Å²) in [4.78, 5) is 24.2. The first-order chi connectivity index (χ1) is 16.4. The van der Waals surface area contributed by atoms with Gasteiger partial charge in [-0.15, -0.1) is 0 Å². The van der Waals surface area contributed by atoms with Crippen molar-refractivity contribution in [2.45, 2.75) is 49.6 Å². The molecule has 1 aromatic carbocycles. The van der Waals surface area contributed by atoms with E-state index in [-0.39, 0.29) is 12.1 Å². The molecule has 0 aliphatic heterocycles. The van der Waals surface area contributed by atoms with Crippen molar-refractivity contribution < 1.29 is 80.7 Å². The zero-order chi connectivity index (χ0) is 29.3. The average Bonchev–Trinajstić information content (AvgIpc) is 2.70. The number of benzene rings is 1. The topological polar surface area (TPSA) is 116 Å². The summed E-state index contributed by atoms with van der Waals surface area (Å²) in [7, 11) is -6.77. The van der Waals surface area contributed by atoms with Crippen LogP contribution < -0.4 is 4.74 Å². The largest absolute Gasteiger partial charge is 0.468 e. The molecule has 0 aliphatic carbocycles. The van der Waals surface area contributed by atoms with Crippen LogP contribution in [0.4, 0.5) is 43.9 Å². The van der Waals surface area contributed by atoms with Crippen LogP contribution in [0.15, 0.2) is 24.3 Å². The second-order valence-corrected chi connectivity index (χ2v) is 8.86. The van der Waals surface area contributed by atoms with E-state index in [4.69, 9.17) is 4.55 Å². The highest BCUT2D eigenvalue weighted by Gasteiger charge is 2.69. The fourth-order valence-electron chi connectivity index (χ4n) is 2.19. The molecular weight excluding hydrogens is 566 g/mol. The van der Waals surface area contributed by atoms with Crippen LogP contribution in [-0.4, -0.2) is 54.7 Å². The number of halogens is 10. The van der Waals surface area contributed by atoms with E-state index < -0.39 is 81.6 Å². The number of hydrogen-bond acceptors (Lipinski definition) is 7. The quantitative estimate of drug-likeness (QED) is 0.140. The molecule has 0 radical (unpaired) electrons. The third kappa shape index (κ3) is 7.22. The second kappa shape index (κ2) is 10.6. The van der Waals surface area contributed by atoms with Crippen LogP contribution in [0.2, 0.25) is 0 Å². The molecule has 8 nitrogen and oxygen atoms in total. The van der Waals surface area contributed by atoms with E-state index in [0.717, 1.165) is 13.8 Å². The van der Waals surface area contributed by atoms with Crippen LogP contribution in [-0.2, 0) is 35.4 Å². The Labute approximate surface area is 201 Å². The van der Waals surface area contributed by atoms with Gasteiger partial charge >= 0.3 is 51.4 Å². The number of esters is 2. The second-order valence-electron chi connectivity index (χ2n) is 7.40. The lowest BCUT2D eigenvalue weighted by Crippen LogP contribution is -2.60. The molecule has 1 rings (SSSR count). The van der Waals surface area contributed by atoms with Crippen LogP contribution in [0.25, 0.3) is 0 Å². The zero-order valence-electron chi connectivity index (χ0n) is 18.3. The van der Waals surface area contributed by atoms with Crippen LogP contribution in [0.5, 0.6) is 5.75 Å². The summed E-state index contributed by atoms with van der Waals surface area (Å²) in [6.45, 7) is -0.345. The summed E-state index contributed by atoms with van der Waals surface area (Å²) < 4.78 is 175. The van der Waals surface area contributed by atoms with Crippen molar-refractivity contribution in [3.8, 4) is 5.75 Å². The molecule has 0 aliphatic rings. The first kappa shape index (κ1) is 32.4. The average molecular weight is 582 g/mol. The van der Waals surface area contributed by atoms with Gasteiger partial charge in [-0.3, -0.25) is 9.35 Å². The molecule has 37 heavy (non-hydrogen) atoms. The van der Waals surface area contributed by atoms with E-state index in [1.165, 1.54) is 0 Å². The van der Waals surface area contributed by atoms with Gasteiger partial charge in [-0.25, -0.2) is 4.79 Å². The molecule has 1 atom stereocenters. The zero-order valence-corrected chi connectivity index (χ0v) is 19.1. The maximum absolute atomic E-state index is 13.9. The Hall–Kier alpha value is -2.67. The maximum atomic E-state index is 13.9. The van der Waals surface area contributed by atoms with Gasteiger partial charge in [0.25, 0.3) is 0 Å². The highest BCUT2D eigenvalue weighted by atomic mass is 32.2. The summed E-state index contributed by atoms with van der Waals surface area (Å²) in [5.74, 6) is -17.7. The van der Waals surface area contributed by atoms with Gasteiger partial charge in [-0.2, -0.15) is 52.3 Å². The molecule has 0 saturated heterocycles. The Bertz CT molecular complexity index is 1080. The number of rotatable bonds is 10. The van der Waals surface area contributed by atoms with E-state index in [1.807, 2.05) is 0 Å². The molecule has 1 aromatic rings. The van der Waals surface area contributed by atoms with Crippen molar-refractivity contribution in [3.63, 3.8) is 0 Å². The van der Waals surface area contributed by atoms with E-state index in [1.54, 1.807) is 0 Å². The maximum Gasteiger partial charge on any atom is 0.468 e. The van der Waals surface area contributed by atoms with Gasteiger partial charge in [-0.05, 0) is 24.3 Å². The molecule has 0 saturated carbocycles. The minimum absolute atomic E-state index is 0.275. The molecule has 0 heterocycles. The number of carbonyl (C=O) groups excluding carboxylic acids is 2. The Morgan fingerprint density at radius 2 is 1.41 bits per heavy atom. The monoisotopic (exact) mass is 582 g/mol. The van der Waals surface area contributed by atoms with Crippen molar-refractivity contribution in [2.24, 2.45) is 5.92 Å². The number of alkyl halides is 10. The van der Waals surface area contributed by atoms with E-state index >= 15 is 0 Å². The first-order valence-corrected chi connectivity index (χ1v) is 10.9. The van der Waals surface area contributed by atoms with Gasteiger partial charge in [0.1, 0.15) is 5.75 Å². The molecule has 0 bridgehead atoms. The number of hydrogen-bond donors (Lipinski definition) is 1. The van der Waals surface area contributed by atoms with Crippen molar-refractivity contribution in [1.29, 1.82) is 0 Å². The molecule has 19 heteroatoms. The fourth-order valence-corrected chi connectivity index (χ4v) is 2.67. The van der Waals surface area contributed by atoms with E-state index in [2.05, 4.69) is 14.2 Å². The smallest absolute Gasteiger partial charge is 0.421 e. The summed E-state index contributed by atoms with van der Waals surface area (Å²) in [5.41, 5.74) is -1.32. The third-order valence-corrected chi connectivity index (χ3v) is 5.17. The number of carbonyl (C=O) groups is 2. The van der Waals surface area contributed by atoms with Gasteiger partial charge in [0.05, 0.1) is 18.1 Å². The Morgan fingerprint density at radius 1 is 0.919 bits per heavy atom. The lowest BCUT2D eigenvalue weighted by Gasteiger charge is -2.33. The molecule has 0 aromatic heterocycles. The summed E-state index contributed by atoms with van der Waals surface area (Å²) >= 11 is 0. The molecule has 212 valence electrons. The standard InChI is InChI=1S/C18H16F10O8S/c1-9(2)12(29)36-15(17(24,25)26,34-8-7-14(19,20)18(27,28)37(31,32)33)13(30)35-11-5-3-10(4-6-11)16(21,22)23/h3-6,9H,7-8H2,1-2H3,(H,31,32,33). The van der Waals surface area contributed by atoms with E-state index in [9.17, 15) is 61.9 Å². The summed E-state index contributed by atoms with van der Waals surface area (Å²) in [5, 5.41) is -6.21. The Kier molecular flexibility index (Phi) is 9.27. The van der Waals surface area contributed by atoms with Crippen molar-refractivity contribution in [2.75, 3.05) is 6.61 Å². The predicted molar refractivity (Wildman–Crippen MR) is 98.8 cm³/mol. The van der Waals surface area contributed by atoms with Crippen LogP contribution in [0.3, 0.4) is 0 Å².